The molecule has 1 aliphatic heterocycles. The lowest BCUT2D eigenvalue weighted by molar-refractivity contribution is -0.143. The molecule has 96 valence electrons. The lowest BCUT2D eigenvalue weighted by Crippen LogP contribution is -2.45. The number of ether oxygens (including phenoxy) is 2. The first kappa shape index (κ1) is 12.2. The van der Waals surface area contributed by atoms with Gasteiger partial charge in [0.15, 0.2) is 0 Å². The lowest BCUT2D eigenvalue weighted by Gasteiger charge is -2.27. The van der Waals surface area contributed by atoms with E-state index in [1.165, 1.54) is 0 Å². The van der Waals surface area contributed by atoms with E-state index in [2.05, 4.69) is 5.32 Å². The summed E-state index contributed by atoms with van der Waals surface area (Å²) in [5, 5.41) is 2.77. The van der Waals surface area contributed by atoms with Crippen molar-refractivity contribution in [3.63, 3.8) is 0 Å². The number of fused-ring (bicyclic) bond motifs is 2. The van der Waals surface area contributed by atoms with Gasteiger partial charge in [0, 0.05) is 6.04 Å². The first-order valence-electron chi connectivity index (χ1n) is 6.05. The summed E-state index contributed by atoms with van der Waals surface area (Å²) in [6.45, 7) is 5.44. The van der Waals surface area contributed by atoms with E-state index in [-0.39, 0.29) is 24.0 Å². The average Bonchev–Trinajstić information content (AvgIpc) is 2.45. The minimum absolute atomic E-state index is 0.0594. The van der Waals surface area contributed by atoms with Crippen molar-refractivity contribution in [2.75, 3.05) is 0 Å². The van der Waals surface area contributed by atoms with E-state index in [0.29, 0.717) is 0 Å². The van der Waals surface area contributed by atoms with Gasteiger partial charge in [-0.3, -0.25) is 4.79 Å². The summed E-state index contributed by atoms with van der Waals surface area (Å²) in [7, 11) is 0. The van der Waals surface area contributed by atoms with Crippen molar-refractivity contribution < 1.29 is 19.1 Å². The highest BCUT2D eigenvalue weighted by Gasteiger charge is 2.44. The molecule has 0 unspecified atom stereocenters. The molecule has 1 aliphatic carbocycles. The SMILES string of the molecule is CC(C)(C)OC(=O)N[C@@H]1CC[C@@H]2C[C@H]1C(=O)O2. The second-order valence-electron chi connectivity index (χ2n) is 5.73. The van der Waals surface area contributed by atoms with Crippen LogP contribution in [0.15, 0.2) is 0 Å². The van der Waals surface area contributed by atoms with Crippen molar-refractivity contribution in [3.8, 4) is 0 Å². The summed E-state index contributed by atoms with van der Waals surface area (Å²) in [5.41, 5.74) is -0.516. The fraction of sp³-hybridized carbons (Fsp3) is 0.833. The van der Waals surface area contributed by atoms with E-state index in [4.69, 9.17) is 9.47 Å². The average molecular weight is 241 g/mol. The van der Waals surface area contributed by atoms with Crippen LogP contribution < -0.4 is 5.32 Å². The predicted molar refractivity (Wildman–Crippen MR) is 60.4 cm³/mol. The first-order chi connectivity index (χ1) is 7.85. The number of amides is 1. The van der Waals surface area contributed by atoms with Gasteiger partial charge >= 0.3 is 12.1 Å². The van der Waals surface area contributed by atoms with Crippen LogP contribution in [0.25, 0.3) is 0 Å². The Morgan fingerprint density at radius 3 is 2.76 bits per heavy atom. The largest absolute Gasteiger partial charge is 0.462 e. The summed E-state index contributed by atoms with van der Waals surface area (Å²) in [6.07, 6.45) is 1.92. The first-order valence-corrected chi connectivity index (χ1v) is 6.05. The molecule has 0 aromatic heterocycles. The van der Waals surface area contributed by atoms with Crippen LogP contribution in [0.4, 0.5) is 4.79 Å². The summed E-state index contributed by atoms with van der Waals surface area (Å²) in [6, 6.07) is -0.143. The molecule has 2 aliphatic rings. The normalized spacial score (nSPS) is 31.9. The topological polar surface area (TPSA) is 64.6 Å². The van der Waals surface area contributed by atoms with Gasteiger partial charge in [0.25, 0.3) is 0 Å². The van der Waals surface area contributed by atoms with Gasteiger partial charge in [-0.1, -0.05) is 0 Å². The number of esters is 1. The van der Waals surface area contributed by atoms with E-state index in [9.17, 15) is 9.59 Å². The maximum absolute atomic E-state index is 11.6. The third-order valence-corrected chi connectivity index (χ3v) is 3.09. The molecule has 3 atom stereocenters. The van der Waals surface area contributed by atoms with E-state index in [1.807, 2.05) is 20.8 Å². The van der Waals surface area contributed by atoms with Crippen LogP contribution in [0.5, 0.6) is 0 Å². The molecule has 2 rings (SSSR count). The number of carbonyl (C=O) groups excluding carboxylic acids is 2. The van der Waals surface area contributed by atoms with Gasteiger partial charge in [0.1, 0.15) is 11.7 Å². The summed E-state index contributed by atoms with van der Waals surface area (Å²) in [4.78, 5) is 23.1. The number of alkyl carbamates (subject to hydrolysis) is 1. The lowest BCUT2D eigenvalue weighted by atomic mass is 9.85. The maximum atomic E-state index is 11.6. The molecular formula is C12H19NO4. The van der Waals surface area contributed by atoms with Crippen LogP contribution in [-0.2, 0) is 14.3 Å². The molecule has 0 radical (unpaired) electrons. The fourth-order valence-electron chi connectivity index (χ4n) is 2.38. The molecule has 2 fully saturated rings. The van der Waals surface area contributed by atoms with Crippen molar-refractivity contribution in [1.29, 1.82) is 0 Å². The van der Waals surface area contributed by atoms with Crippen LogP contribution in [-0.4, -0.2) is 29.8 Å². The number of hydrogen-bond acceptors (Lipinski definition) is 4. The van der Waals surface area contributed by atoms with E-state index < -0.39 is 11.7 Å². The zero-order chi connectivity index (χ0) is 12.6. The van der Waals surface area contributed by atoms with Crippen molar-refractivity contribution in [1.82, 2.24) is 5.32 Å². The van der Waals surface area contributed by atoms with Crippen molar-refractivity contribution in [2.24, 2.45) is 5.92 Å². The monoisotopic (exact) mass is 241 g/mol. The smallest absolute Gasteiger partial charge is 0.407 e. The third-order valence-electron chi connectivity index (χ3n) is 3.09. The summed E-state index contributed by atoms with van der Waals surface area (Å²) in [5.74, 6) is -0.380. The molecule has 0 aromatic carbocycles. The van der Waals surface area contributed by atoms with E-state index in [0.717, 1.165) is 19.3 Å². The zero-order valence-electron chi connectivity index (χ0n) is 10.5. The molecule has 2 bridgehead atoms. The quantitative estimate of drug-likeness (QED) is 0.708. The molecule has 1 heterocycles. The Labute approximate surface area is 101 Å². The Balaban J connectivity index is 1.91. The Kier molecular flexibility index (Phi) is 3.02. The second kappa shape index (κ2) is 4.20. The molecule has 1 saturated carbocycles. The summed E-state index contributed by atoms with van der Waals surface area (Å²) < 4.78 is 10.3. The highest BCUT2D eigenvalue weighted by atomic mass is 16.6. The maximum Gasteiger partial charge on any atom is 0.407 e. The van der Waals surface area contributed by atoms with Gasteiger partial charge in [-0.25, -0.2) is 4.79 Å². The standard InChI is InChI=1S/C12H19NO4/c1-12(2,3)17-11(15)13-9-5-4-7-6-8(9)10(14)16-7/h7-9H,4-6H2,1-3H3,(H,13,15)/t7-,8-,9-/m1/s1. The van der Waals surface area contributed by atoms with Crippen LogP contribution in [0.2, 0.25) is 0 Å². The third kappa shape index (κ3) is 2.90. The van der Waals surface area contributed by atoms with Gasteiger partial charge in [0.05, 0.1) is 5.92 Å². The van der Waals surface area contributed by atoms with Gasteiger partial charge < -0.3 is 14.8 Å². The van der Waals surface area contributed by atoms with E-state index >= 15 is 0 Å². The van der Waals surface area contributed by atoms with Crippen LogP contribution in [0.3, 0.4) is 0 Å². The minimum atomic E-state index is -0.516. The van der Waals surface area contributed by atoms with Crippen LogP contribution >= 0.6 is 0 Å². The predicted octanol–water partition coefficient (Wildman–Crippen LogP) is 1.61. The molecular weight excluding hydrogens is 222 g/mol. The highest BCUT2D eigenvalue weighted by Crippen LogP contribution is 2.34. The van der Waals surface area contributed by atoms with Crippen molar-refractivity contribution in [2.45, 2.75) is 57.8 Å². The van der Waals surface area contributed by atoms with Crippen LogP contribution in [0, 0.1) is 5.92 Å². The molecule has 17 heavy (non-hydrogen) atoms. The molecule has 1 N–H and O–H groups in total. The molecule has 1 saturated heterocycles. The Hall–Kier alpha value is -1.26. The van der Waals surface area contributed by atoms with Gasteiger partial charge in [-0.2, -0.15) is 0 Å². The summed E-state index contributed by atoms with van der Waals surface area (Å²) >= 11 is 0. The van der Waals surface area contributed by atoms with Gasteiger partial charge in [-0.15, -0.1) is 0 Å². The molecule has 5 heteroatoms. The Morgan fingerprint density at radius 2 is 2.12 bits per heavy atom. The zero-order valence-corrected chi connectivity index (χ0v) is 10.5. The second-order valence-corrected chi connectivity index (χ2v) is 5.73. The van der Waals surface area contributed by atoms with Gasteiger partial charge in [-0.05, 0) is 40.0 Å². The van der Waals surface area contributed by atoms with Crippen LogP contribution in [0.1, 0.15) is 40.0 Å². The Morgan fingerprint density at radius 1 is 1.41 bits per heavy atom. The van der Waals surface area contributed by atoms with Gasteiger partial charge in [0.2, 0.25) is 0 Å². The molecule has 5 nitrogen and oxygen atoms in total. The molecule has 0 aromatic rings. The minimum Gasteiger partial charge on any atom is -0.462 e. The fourth-order valence-corrected chi connectivity index (χ4v) is 2.38. The Bertz CT molecular complexity index is 334. The number of nitrogens with one attached hydrogen (secondary N) is 1. The number of rotatable bonds is 1. The highest BCUT2D eigenvalue weighted by molar-refractivity contribution is 5.77. The van der Waals surface area contributed by atoms with Crippen molar-refractivity contribution in [3.05, 3.63) is 0 Å². The molecule has 1 amide bonds. The number of hydrogen-bond donors (Lipinski definition) is 1. The van der Waals surface area contributed by atoms with E-state index in [1.54, 1.807) is 0 Å². The molecule has 0 spiro atoms. The number of carbonyl (C=O) groups is 2. The van der Waals surface area contributed by atoms with Crippen molar-refractivity contribution >= 4 is 12.1 Å².